The third-order valence-electron chi connectivity index (χ3n) is 11.7. The van der Waals surface area contributed by atoms with Crippen LogP contribution in [0, 0.1) is 0 Å². The van der Waals surface area contributed by atoms with Gasteiger partial charge in [0.05, 0.1) is 16.7 Å². The van der Waals surface area contributed by atoms with Gasteiger partial charge in [-0.2, -0.15) is 0 Å². The van der Waals surface area contributed by atoms with Crippen molar-refractivity contribution in [2.75, 3.05) is 4.90 Å². The molecule has 2 heterocycles. The van der Waals surface area contributed by atoms with Crippen molar-refractivity contribution in [3.63, 3.8) is 0 Å². The molecule has 3 heteroatoms. The first-order valence-electron chi connectivity index (χ1n) is 19.9. The number of hydrogen-bond acceptors (Lipinski definition) is 1. The summed E-state index contributed by atoms with van der Waals surface area (Å²) in [6.07, 6.45) is 0. The van der Waals surface area contributed by atoms with Gasteiger partial charge in [0.2, 0.25) is 0 Å². The van der Waals surface area contributed by atoms with Crippen molar-refractivity contribution in [2.45, 2.75) is 0 Å². The second kappa shape index (κ2) is 13.8. The Morgan fingerprint density at radius 3 is 1.69 bits per heavy atom. The second-order valence-corrected chi connectivity index (χ2v) is 15.1. The number of aromatic nitrogens is 2. The van der Waals surface area contributed by atoms with Gasteiger partial charge in [-0.05, 0) is 76.3 Å². The summed E-state index contributed by atoms with van der Waals surface area (Å²) in [5.74, 6) is 0. The average Bonchev–Trinajstić information content (AvgIpc) is 3.82. The number of anilines is 3. The van der Waals surface area contributed by atoms with Crippen LogP contribution in [0.2, 0.25) is 0 Å². The van der Waals surface area contributed by atoms with Gasteiger partial charge in [0.15, 0.2) is 0 Å². The molecule has 0 unspecified atom stereocenters. The van der Waals surface area contributed by atoms with E-state index >= 15 is 0 Å². The van der Waals surface area contributed by atoms with E-state index in [4.69, 9.17) is 0 Å². The lowest BCUT2D eigenvalue weighted by Gasteiger charge is -2.29. The third-order valence-corrected chi connectivity index (χ3v) is 11.7. The minimum absolute atomic E-state index is 1.08. The van der Waals surface area contributed by atoms with Gasteiger partial charge in [-0.3, -0.25) is 0 Å². The number of nitrogens with zero attached hydrogens (tertiary/aromatic N) is 2. The Bertz CT molecular complexity index is 3220. The zero-order valence-electron chi connectivity index (χ0n) is 32.1. The average molecular weight is 742 g/mol. The van der Waals surface area contributed by atoms with Gasteiger partial charge in [-0.25, -0.2) is 0 Å². The van der Waals surface area contributed by atoms with E-state index in [1.807, 2.05) is 0 Å². The van der Waals surface area contributed by atoms with Crippen molar-refractivity contribution < 1.29 is 0 Å². The number of fused-ring (bicyclic) bond motifs is 6. The lowest BCUT2D eigenvalue weighted by molar-refractivity contribution is 1.02. The van der Waals surface area contributed by atoms with E-state index in [2.05, 4.69) is 234 Å². The second-order valence-electron chi connectivity index (χ2n) is 15.1. The monoisotopic (exact) mass is 741 g/mol. The highest BCUT2D eigenvalue weighted by Gasteiger charge is 2.22. The molecule has 0 aliphatic rings. The smallest absolute Gasteiger partial charge is 0.0568 e. The summed E-state index contributed by atoms with van der Waals surface area (Å²) in [5.41, 5.74) is 17.4. The van der Waals surface area contributed by atoms with E-state index in [0.29, 0.717) is 0 Å². The van der Waals surface area contributed by atoms with Gasteiger partial charge in [-0.15, -0.1) is 0 Å². The largest absolute Gasteiger partial charge is 0.354 e. The number of aromatic amines is 1. The fourth-order valence-corrected chi connectivity index (χ4v) is 9.02. The molecule has 0 radical (unpaired) electrons. The molecule has 0 aliphatic carbocycles. The standard InChI is InChI=1S/C55H39N3/c1-57-52-28-12-9-22-47(52)50-26-14-23-44(55(50)57)39-30-32-42(33-31-39)58(43-35-40(37-16-4-2-5-17-37)34-41(36-43)38-18-6-3-7-19-38)53-29-13-10-21-46(53)49-25-15-24-48-45-20-8-11-27-51(45)56-54(48)49/h2-36,56H,1H3. The quantitative estimate of drug-likeness (QED) is 0.173. The molecular weight excluding hydrogens is 703 g/mol. The molecule has 0 fully saturated rings. The van der Waals surface area contributed by atoms with E-state index < -0.39 is 0 Å². The van der Waals surface area contributed by atoms with Crippen LogP contribution in [0.1, 0.15) is 0 Å². The molecule has 0 atom stereocenters. The number of para-hydroxylation sites is 5. The first kappa shape index (κ1) is 33.7. The zero-order valence-corrected chi connectivity index (χ0v) is 32.1. The molecule has 0 amide bonds. The molecule has 9 aromatic carbocycles. The number of rotatable bonds is 7. The molecule has 274 valence electrons. The summed E-state index contributed by atoms with van der Waals surface area (Å²) >= 11 is 0. The maximum Gasteiger partial charge on any atom is 0.0568 e. The van der Waals surface area contributed by atoms with Gasteiger partial charge in [0.1, 0.15) is 0 Å². The van der Waals surface area contributed by atoms with Gasteiger partial charge >= 0.3 is 0 Å². The number of nitrogens with one attached hydrogen (secondary N) is 1. The highest BCUT2D eigenvalue weighted by atomic mass is 15.1. The zero-order chi connectivity index (χ0) is 38.6. The molecule has 0 bridgehead atoms. The van der Waals surface area contributed by atoms with Crippen LogP contribution in [0.25, 0.3) is 88.1 Å². The summed E-state index contributed by atoms with van der Waals surface area (Å²) in [6.45, 7) is 0. The topological polar surface area (TPSA) is 24.0 Å². The lowest BCUT2D eigenvalue weighted by Crippen LogP contribution is -2.11. The molecule has 11 aromatic rings. The predicted molar refractivity (Wildman–Crippen MR) is 246 cm³/mol. The Balaban J connectivity index is 1.14. The number of hydrogen-bond donors (Lipinski definition) is 1. The Labute approximate surface area is 337 Å². The molecule has 0 aliphatic heterocycles. The predicted octanol–water partition coefficient (Wildman–Crippen LogP) is 15.1. The number of benzene rings is 9. The summed E-state index contributed by atoms with van der Waals surface area (Å²) in [4.78, 5) is 6.23. The van der Waals surface area contributed by atoms with Crippen molar-refractivity contribution >= 4 is 60.7 Å². The van der Waals surface area contributed by atoms with Gasteiger partial charge in [-0.1, -0.05) is 164 Å². The van der Waals surface area contributed by atoms with Gasteiger partial charge < -0.3 is 14.5 Å². The fraction of sp³-hybridized carbons (Fsp3) is 0.0182. The molecule has 58 heavy (non-hydrogen) atoms. The van der Waals surface area contributed by atoms with Crippen molar-refractivity contribution in [1.82, 2.24) is 9.55 Å². The summed E-state index contributed by atoms with van der Waals surface area (Å²) in [5, 5.41) is 5.00. The van der Waals surface area contributed by atoms with Crippen LogP contribution < -0.4 is 4.90 Å². The van der Waals surface area contributed by atoms with E-state index in [1.54, 1.807) is 0 Å². The fourth-order valence-electron chi connectivity index (χ4n) is 9.02. The molecule has 3 nitrogen and oxygen atoms in total. The van der Waals surface area contributed by atoms with Crippen LogP contribution in [0.3, 0.4) is 0 Å². The summed E-state index contributed by atoms with van der Waals surface area (Å²) in [7, 11) is 2.18. The Hall–Kier alpha value is -7.62. The van der Waals surface area contributed by atoms with Crippen LogP contribution in [0.5, 0.6) is 0 Å². The number of aryl methyl sites for hydroxylation is 1. The van der Waals surface area contributed by atoms with Crippen LogP contribution in [-0.4, -0.2) is 9.55 Å². The van der Waals surface area contributed by atoms with E-state index in [-0.39, 0.29) is 0 Å². The van der Waals surface area contributed by atoms with Crippen LogP contribution in [0.4, 0.5) is 17.1 Å². The van der Waals surface area contributed by atoms with Crippen molar-refractivity contribution in [3.8, 4) is 44.5 Å². The first-order valence-corrected chi connectivity index (χ1v) is 19.9. The highest BCUT2D eigenvalue weighted by molar-refractivity contribution is 6.14. The van der Waals surface area contributed by atoms with E-state index in [9.17, 15) is 0 Å². The molecule has 0 saturated heterocycles. The minimum atomic E-state index is 1.08. The Kier molecular flexibility index (Phi) is 8.04. The lowest BCUT2D eigenvalue weighted by atomic mass is 9.95. The Morgan fingerprint density at radius 1 is 0.379 bits per heavy atom. The maximum absolute atomic E-state index is 3.79. The van der Waals surface area contributed by atoms with Crippen molar-refractivity contribution in [2.24, 2.45) is 7.05 Å². The summed E-state index contributed by atoms with van der Waals surface area (Å²) < 4.78 is 2.33. The third kappa shape index (κ3) is 5.59. The summed E-state index contributed by atoms with van der Waals surface area (Å²) in [6, 6.07) is 77.0. The van der Waals surface area contributed by atoms with Crippen LogP contribution in [-0.2, 0) is 7.05 Å². The van der Waals surface area contributed by atoms with E-state index in [1.165, 1.54) is 54.8 Å². The van der Waals surface area contributed by atoms with Gasteiger partial charge in [0, 0.05) is 67.7 Å². The molecule has 1 N–H and O–H groups in total. The normalized spacial score (nSPS) is 11.5. The van der Waals surface area contributed by atoms with Gasteiger partial charge in [0.25, 0.3) is 0 Å². The van der Waals surface area contributed by atoms with Crippen molar-refractivity contribution in [1.29, 1.82) is 0 Å². The van der Waals surface area contributed by atoms with E-state index in [0.717, 1.165) is 50.3 Å². The maximum atomic E-state index is 3.79. The van der Waals surface area contributed by atoms with Crippen molar-refractivity contribution in [3.05, 3.63) is 212 Å². The number of H-pyrrole nitrogens is 1. The molecule has 11 rings (SSSR count). The SMILES string of the molecule is Cn1c2ccccc2c2cccc(-c3ccc(N(c4cc(-c5ccccc5)cc(-c5ccccc5)c4)c4ccccc4-c4cccc5c4[nH]c4ccccc45)cc3)c21. The highest BCUT2D eigenvalue weighted by Crippen LogP contribution is 2.46. The molecule has 0 saturated carbocycles. The van der Waals surface area contributed by atoms with Crippen LogP contribution in [0.15, 0.2) is 212 Å². The Morgan fingerprint density at radius 2 is 0.948 bits per heavy atom. The first-order chi connectivity index (χ1) is 28.7. The van der Waals surface area contributed by atoms with Crippen LogP contribution >= 0.6 is 0 Å². The molecule has 0 spiro atoms. The minimum Gasteiger partial charge on any atom is -0.354 e. The molecule has 2 aromatic heterocycles. The molecular formula is C55H39N3.